The van der Waals surface area contributed by atoms with Crippen LogP contribution in [0.5, 0.6) is 0 Å². The van der Waals surface area contributed by atoms with Crippen molar-refractivity contribution in [2.75, 3.05) is 18.0 Å². The molecule has 1 aromatic heterocycles. The van der Waals surface area contributed by atoms with E-state index in [1.165, 1.54) is 0 Å². The summed E-state index contributed by atoms with van der Waals surface area (Å²) in [4.78, 5) is 44.7. The largest absolute Gasteiger partial charge is 0.342 e. The molecule has 5 nitrogen and oxygen atoms in total. The number of Topliss-reactive ketones (excluding diaryl/α,β-unsaturated/α-hetero) is 1. The van der Waals surface area contributed by atoms with Crippen molar-refractivity contribution >= 4 is 34.6 Å². The number of anilines is 1. The lowest BCUT2D eigenvalue weighted by Crippen LogP contribution is -2.51. The van der Waals surface area contributed by atoms with Gasteiger partial charge in [-0.2, -0.15) is 0 Å². The van der Waals surface area contributed by atoms with Crippen LogP contribution >= 0.6 is 11.3 Å². The van der Waals surface area contributed by atoms with Gasteiger partial charge in [0.05, 0.1) is 12.0 Å². The number of piperidine rings is 2. The first kappa shape index (κ1) is 23.5. The zero-order chi connectivity index (χ0) is 24.4. The molecule has 0 spiro atoms. The van der Waals surface area contributed by atoms with Crippen LogP contribution in [0.3, 0.4) is 0 Å². The van der Waals surface area contributed by atoms with Crippen LogP contribution in [0.15, 0.2) is 72.1 Å². The van der Waals surface area contributed by atoms with E-state index >= 15 is 0 Å². The maximum absolute atomic E-state index is 13.9. The molecule has 2 aliphatic heterocycles. The number of nitrogens with zero attached hydrogens (tertiary/aromatic N) is 2. The van der Waals surface area contributed by atoms with Crippen LogP contribution in [-0.4, -0.2) is 35.6 Å². The highest BCUT2D eigenvalue weighted by molar-refractivity contribution is 7.10. The van der Waals surface area contributed by atoms with E-state index in [1.54, 1.807) is 11.3 Å². The maximum atomic E-state index is 13.9. The lowest BCUT2D eigenvalue weighted by Gasteiger charge is -2.43. The highest BCUT2D eigenvalue weighted by Crippen LogP contribution is 2.42. The summed E-state index contributed by atoms with van der Waals surface area (Å²) in [6, 6.07) is 21.1. The van der Waals surface area contributed by atoms with Crippen LogP contribution in [-0.2, 0) is 9.59 Å². The highest BCUT2D eigenvalue weighted by Gasteiger charge is 2.44. The van der Waals surface area contributed by atoms with Crippen LogP contribution in [0.4, 0.5) is 5.69 Å². The van der Waals surface area contributed by atoms with Crippen molar-refractivity contribution in [3.05, 3.63) is 88.1 Å². The van der Waals surface area contributed by atoms with E-state index in [4.69, 9.17) is 0 Å². The van der Waals surface area contributed by atoms with Gasteiger partial charge in [0.15, 0.2) is 5.78 Å². The quantitative estimate of drug-likeness (QED) is 0.437. The molecular formula is C29H30N2O3S. The number of benzene rings is 2. The molecule has 2 fully saturated rings. The van der Waals surface area contributed by atoms with Gasteiger partial charge in [0.25, 0.3) is 0 Å². The topological polar surface area (TPSA) is 57.7 Å². The third kappa shape index (κ3) is 4.80. The molecular weight excluding hydrogens is 456 g/mol. The van der Waals surface area contributed by atoms with E-state index in [1.807, 2.05) is 88.8 Å². The minimum Gasteiger partial charge on any atom is -0.342 e. The Balaban J connectivity index is 1.35. The molecule has 0 radical (unpaired) electrons. The third-order valence-electron chi connectivity index (χ3n) is 7.30. The van der Waals surface area contributed by atoms with E-state index in [9.17, 15) is 14.4 Å². The molecule has 2 aliphatic rings. The Bertz CT molecular complexity index is 1180. The lowest BCUT2D eigenvalue weighted by atomic mass is 9.84. The molecule has 2 atom stereocenters. The summed E-state index contributed by atoms with van der Waals surface area (Å²) in [7, 11) is 0. The number of carbonyl (C=O) groups is 3. The number of amides is 2. The SMILES string of the molecule is Cc1ccc(N2C(=O)CCC(C(=O)N3CCC(C(=O)c4ccccc4)CC3)C2c2cccs2)cc1. The van der Waals surface area contributed by atoms with Crippen LogP contribution in [0, 0.1) is 18.8 Å². The average Bonchev–Trinajstić information content (AvgIpc) is 3.44. The molecule has 3 heterocycles. The van der Waals surface area contributed by atoms with Gasteiger partial charge in [-0.15, -0.1) is 11.3 Å². The zero-order valence-corrected chi connectivity index (χ0v) is 20.7. The van der Waals surface area contributed by atoms with Crippen LogP contribution in [0.25, 0.3) is 0 Å². The first-order valence-corrected chi connectivity index (χ1v) is 13.2. The maximum Gasteiger partial charge on any atom is 0.228 e. The minimum atomic E-state index is -0.310. The molecule has 2 aromatic carbocycles. The second kappa shape index (κ2) is 10.2. The normalized spacial score (nSPS) is 21.2. The van der Waals surface area contributed by atoms with Gasteiger partial charge < -0.3 is 9.80 Å². The van der Waals surface area contributed by atoms with Gasteiger partial charge in [0.2, 0.25) is 11.8 Å². The molecule has 0 N–H and O–H groups in total. The van der Waals surface area contributed by atoms with E-state index in [2.05, 4.69) is 0 Å². The summed E-state index contributed by atoms with van der Waals surface area (Å²) >= 11 is 1.59. The van der Waals surface area contributed by atoms with Gasteiger partial charge in [0, 0.05) is 41.6 Å². The molecule has 2 amide bonds. The predicted octanol–water partition coefficient (Wildman–Crippen LogP) is 5.66. The smallest absolute Gasteiger partial charge is 0.228 e. The number of likely N-dealkylation sites (tertiary alicyclic amines) is 1. The van der Waals surface area contributed by atoms with Gasteiger partial charge >= 0.3 is 0 Å². The second-order valence-electron chi connectivity index (χ2n) is 9.53. The van der Waals surface area contributed by atoms with E-state index in [-0.39, 0.29) is 35.5 Å². The van der Waals surface area contributed by atoms with E-state index in [0.29, 0.717) is 38.8 Å². The van der Waals surface area contributed by atoms with Crippen molar-refractivity contribution in [3.63, 3.8) is 0 Å². The number of aryl methyl sites for hydroxylation is 1. The molecule has 2 unspecified atom stereocenters. The molecule has 0 saturated carbocycles. The fourth-order valence-corrected chi connectivity index (χ4v) is 6.26. The first-order valence-electron chi connectivity index (χ1n) is 12.3. The van der Waals surface area contributed by atoms with E-state index in [0.717, 1.165) is 21.7 Å². The molecule has 0 bridgehead atoms. The molecule has 3 aromatic rings. The summed E-state index contributed by atoms with van der Waals surface area (Å²) in [6.45, 7) is 3.18. The second-order valence-corrected chi connectivity index (χ2v) is 10.5. The fourth-order valence-electron chi connectivity index (χ4n) is 5.38. The molecule has 0 aliphatic carbocycles. The van der Waals surface area contributed by atoms with Gasteiger partial charge in [0.1, 0.15) is 0 Å². The van der Waals surface area contributed by atoms with Gasteiger partial charge in [-0.3, -0.25) is 14.4 Å². The van der Waals surface area contributed by atoms with Crippen molar-refractivity contribution in [1.82, 2.24) is 4.90 Å². The standard InChI is InChI=1S/C29H30N2O3S/c1-20-9-11-23(12-10-20)31-26(32)14-13-24(27(31)25-8-5-19-35-25)29(34)30-17-15-22(16-18-30)28(33)21-6-3-2-4-7-21/h2-12,19,22,24,27H,13-18H2,1H3. The fraction of sp³-hybridized carbons (Fsp3) is 0.345. The predicted molar refractivity (Wildman–Crippen MR) is 139 cm³/mol. The summed E-state index contributed by atoms with van der Waals surface area (Å²) in [5.74, 6) is -0.0226. The monoisotopic (exact) mass is 486 g/mol. The number of carbonyl (C=O) groups excluding carboxylic acids is 3. The number of thiophene rings is 1. The van der Waals surface area contributed by atoms with Crippen molar-refractivity contribution < 1.29 is 14.4 Å². The number of hydrogen-bond donors (Lipinski definition) is 0. The van der Waals surface area contributed by atoms with Crippen molar-refractivity contribution in [2.45, 2.75) is 38.6 Å². The van der Waals surface area contributed by atoms with Crippen LogP contribution < -0.4 is 4.90 Å². The average molecular weight is 487 g/mol. The molecule has 2 saturated heterocycles. The van der Waals surface area contributed by atoms with Crippen molar-refractivity contribution in [2.24, 2.45) is 11.8 Å². The van der Waals surface area contributed by atoms with Gasteiger partial charge in [-0.25, -0.2) is 0 Å². The summed E-state index contributed by atoms with van der Waals surface area (Å²) in [5, 5.41) is 2.00. The summed E-state index contributed by atoms with van der Waals surface area (Å²) in [5.41, 5.74) is 2.71. The van der Waals surface area contributed by atoms with Gasteiger partial charge in [-0.05, 0) is 49.8 Å². The molecule has 35 heavy (non-hydrogen) atoms. The Morgan fingerprint density at radius 1 is 0.886 bits per heavy atom. The minimum absolute atomic E-state index is 0.0495. The number of ketones is 1. The van der Waals surface area contributed by atoms with Gasteiger partial charge in [-0.1, -0.05) is 54.1 Å². The number of hydrogen-bond acceptors (Lipinski definition) is 4. The Kier molecular flexibility index (Phi) is 6.82. The zero-order valence-electron chi connectivity index (χ0n) is 19.9. The van der Waals surface area contributed by atoms with E-state index < -0.39 is 0 Å². The van der Waals surface area contributed by atoms with Crippen molar-refractivity contribution in [1.29, 1.82) is 0 Å². The Morgan fingerprint density at radius 3 is 2.26 bits per heavy atom. The lowest BCUT2D eigenvalue weighted by molar-refractivity contribution is -0.139. The Labute approximate surface area is 210 Å². The number of rotatable bonds is 5. The molecule has 5 rings (SSSR count). The van der Waals surface area contributed by atoms with Crippen molar-refractivity contribution in [3.8, 4) is 0 Å². The molecule has 180 valence electrons. The Hall–Kier alpha value is -3.25. The molecule has 6 heteroatoms. The third-order valence-corrected chi connectivity index (χ3v) is 8.24. The first-order chi connectivity index (χ1) is 17.0. The summed E-state index contributed by atoms with van der Waals surface area (Å²) < 4.78 is 0. The Morgan fingerprint density at radius 2 is 1.60 bits per heavy atom. The van der Waals surface area contributed by atoms with Crippen LogP contribution in [0.2, 0.25) is 0 Å². The summed E-state index contributed by atoms with van der Waals surface area (Å²) in [6.07, 6.45) is 2.26. The highest BCUT2D eigenvalue weighted by atomic mass is 32.1. The van der Waals surface area contributed by atoms with Crippen LogP contribution in [0.1, 0.15) is 52.5 Å².